The molecule has 0 atom stereocenters. The fourth-order valence-corrected chi connectivity index (χ4v) is 6.20. The predicted molar refractivity (Wildman–Crippen MR) is 163 cm³/mol. The molecule has 3 amide bonds. The lowest BCUT2D eigenvalue weighted by molar-refractivity contribution is -0.110. The number of carbonyl (C=O) groups is 3. The molecule has 0 radical (unpaired) electrons. The Morgan fingerprint density at radius 2 is 1.79 bits per heavy atom. The maximum atomic E-state index is 13.3. The number of nitrogens with zero attached hydrogens (tertiary/aromatic N) is 2. The second kappa shape index (κ2) is 12.0. The van der Waals surface area contributed by atoms with Gasteiger partial charge in [-0.05, 0) is 80.7 Å². The molecule has 0 bridgehead atoms. The maximum Gasteiger partial charge on any atom is 0.256 e. The molecule has 1 aromatic heterocycles. The van der Waals surface area contributed by atoms with Crippen molar-refractivity contribution in [3.05, 3.63) is 76.1 Å². The Balaban J connectivity index is 1.29. The van der Waals surface area contributed by atoms with E-state index >= 15 is 0 Å². The number of benzene rings is 2. The van der Waals surface area contributed by atoms with Gasteiger partial charge in [-0.1, -0.05) is 24.3 Å². The molecule has 0 aliphatic carbocycles. The first-order valence-electron chi connectivity index (χ1n) is 14.7. The third-order valence-corrected chi connectivity index (χ3v) is 8.45. The number of fused-ring (bicyclic) bond motifs is 1. The highest BCUT2D eigenvalue weighted by Crippen LogP contribution is 2.41. The summed E-state index contributed by atoms with van der Waals surface area (Å²) in [4.78, 5) is 47.1. The zero-order valence-electron chi connectivity index (χ0n) is 24.2. The number of amides is 3. The third-order valence-electron chi connectivity index (χ3n) is 8.45. The molecule has 2 aromatic carbocycles. The number of hydrogen-bond acceptors (Lipinski definition) is 5. The molecule has 0 unspecified atom stereocenters. The summed E-state index contributed by atoms with van der Waals surface area (Å²) in [5.41, 5.74) is 7.23. The van der Waals surface area contributed by atoms with Gasteiger partial charge in [0, 0.05) is 54.4 Å². The van der Waals surface area contributed by atoms with Gasteiger partial charge in [-0.25, -0.2) is 0 Å². The van der Waals surface area contributed by atoms with Crippen LogP contribution in [0, 0.1) is 13.8 Å². The largest absolute Gasteiger partial charge is 0.378 e. The number of aryl methyl sites for hydroxylation is 1. The van der Waals surface area contributed by atoms with Crippen LogP contribution in [0.3, 0.4) is 0 Å². The van der Waals surface area contributed by atoms with Gasteiger partial charge in [-0.3, -0.25) is 14.4 Å². The van der Waals surface area contributed by atoms with Crippen LogP contribution in [0.25, 0.3) is 22.8 Å². The molecule has 3 aliphatic rings. The van der Waals surface area contributed by atoms with Crippen LogP contribution in [0.15, 0.2) is 42.5 Å². The first kappa shape index (κ1) is 27.9. The minimum Gasteiger partial charge on any atom is -0.378 e. The van der Waals surface area contributed by atoms with E-state index in [0.29, 0.717) is 49.5 Å². The SMILES string of the molecule is Cc1[nH]c(C=C2C(=O)Nc3cccc(-c4cccc(C(=O)NCCN5CCCC5)c4)c32)c(C)c1C(=O)N1CCOCC1. The topological polar surface area (TPSA) is 107 Å². The summed E-state index contributed by atoms with van der Waals surface area (Å²) < 4.78 is 5.41. The minimum absolute atomic E-state index is 0.0262. The Kier molecular flexibility index (Phi) is 7.95. The molecule has 3 N–H and O–H groups in total. The van der Waals surface area contributed by atoms with E-state index in [1.807, 2.05) is 67.3 Å². The number of ether oxygens (including phenoxy) is 1. The van der Waals surface area contributed by atoms with Gasteiger partial charge in [0.05, 0.1) is 24.4 Å². The van der Waals surface area contributed by atoms with E-state index in [2.05, 4.69) is 20.5 Å². The van der Waals surface area contributed by atoms with Gasteiger partial charge in [0.15, 0.2) is 0 Å². The molecule has 42 heavy (non-hydrogen) atoms. The van der Waals surface area contributed by atoms with Crippen molar-refractivity contribution in [2.45, 2.75) is 26.7 Å². The number of aromatic nitrogens is 1. The minimum atomic E-state index is -0.207. The molecule has 0 spiro atoms. The summed E-state index contributed by atoms with van der Waals surface area (Å²) in [7, 11) is 0. The molecule has 2 fully saturated rings. The van der Waals surface area contributed by atoms with E-state index in [1.165, 1.54) is 12.8 Å². The normalized spacial score (nSPS) is 17.9. The van der Waals surface area contributed by atoms with Crippen LogP contribution in [0.5, 0.6) is 0 Å². The van der Waals surface area contributed by atoms with Crippen molar-refractivity contribution in [3.8, 4) is 11.1 Å². The Morgan fingerprint density at radius 1 is 1.02 bits per heavy atom. The Labute approximate surface area is 245 Å². The molecule has 3 aromatic rings. The maximum absolute atomic E-state index is 13.3. The molecular weight excluding hydrogens is 530 g/mol. The fraction of sp³-hybridized carbons (Fsp3) is 0.364. The van der Waals surface area contributed by atoms with Crippen LogP contribution in [0.1, 0.15) is 56.1 Å². The summed E-state index contributed by atoms with van der Waals surface area (Å²) in [6.45, 7) is 9.66. The number of carbonyl (C=O) groups excluding carboxylic acids is 3. The van der Waals surface area contributed by atoms with Crippen LogP contribution < -0.4 is 10.6 Å². The average molecular weight is 568 g/mol. The highest BCUT2D eigenvalue weighted by molar-refractivity contribution is 6.36. The molecule has 0 saturated carbocycles. The van der Waals surface area contributed by atoms with Gasteiger partial charge in [0.25, 0.3) is 17.7 Å². The van der Waals surface area contributed by atoms with Crippen molar-refractivity contribution in [2.24, 2.45) is 0 Å². The zero-order valence-corrected chi connectivity index (χ0v) is 24.2. The summed E-state index contributed by atoms with van der Waals surface area (Å²) in [5.74, 6) is -0.341. The quantitative estimate of drug-likeness (QED) is 0.373. The first-order chi connectivity index (χ1) is 20.4. The van der Waals surface area contributed by atoms with E-state index in [9.17, 15) is 14.4 Å². The van der Waals surface area contributed by atoms with E-state index in [0.717, 1.165) is 59.0 Å². The van der Waals surface area contributed by atoms with Gasteiger partial charge < -0.3 is 30.2 Å². The lowest BCUT2D eigenvalue weighted by Gasteiger charge is -2.27. The number of hydrogen-bond donors (Lipinski definition) is 3. The van der Waals surface area contributed by atoms with E-state index < -0.39 is 0 Å². The average Bonchev–Trinajstić information content (AvgIpc) is 3.71. The van der Waals surface area contributed by atoms with Crippen LogP contribution in [0.4, 0.5) is 5.69 Å². The fourth-order valence-electron chi connectivity index (χ4n) is 6.20. The lowest BCUT2D eigenvalue weighted by Crippen LogP contribution is -2.41. The van der Waals surface area contributed by atoms with Crippen molar-refractivity contribution in [1.29, 1.82) is 0 Å². The molecule has 9 heteroatoms. The Bertz CT molecular complexity index is 1560. The standard InChI is InChI=1S/C33H37N5O4/c1-21-28(35-22(2)29(21)33(41)38-15-17-42-18-16-38)20-26-30-25(9-6-10-27(30)36-32(26)40)23-7-5-8-24(19-23)31(39)34-11-14-37-12-3-4-13-37/h5-10,19-20,35H,3-4,11-18H2,1-2H3,(H,34,39)(H,36,40). The van der Waals surface area contributed by atoms with Crippen LogP contribution >= 0.6 is 0 Å². The van der Waals surface area contributed by atoms with Gasteiger partial charge in [-0.2, -0.15) is 0 Å². The van der Waals surface area contributed by atoms with Crippen molar-refractivity contribution in [1.82, 2.24) is 20.1 Å². The number of rotatable bonds is 7. The van der Waals surface area contributed by atoms with Gasteiger partial charge in [0.2, 0.25) is 0 Å². The highest BCUT2D eigenvalue weighted by atomic mass is 16.5. The monoisotopic (exact) mass is 567 g/mol. The van der Waals surface area contributed by atoms with Crippen molar-refractivity contribution in [2.75, 3.05) is 57.8 Å². The predicted octanol–water partition coefficient (Wildman–Crippen LogP) is 4.09. The van der Waals surface area contributed by atoms with Gasteiger partial charge >= 0.3 is 0 Å². The summed E-state index contributed by atoms with van der Waals surface area (Å²) in [6.07, 6.45) is 4.28. The Hall–Kier alpha value is -4.21. The number of morpholine rings is 1. The van der Waals surface area contributed by atoms with E-state index in [4.69, 9.17) is 4.74 Å². The molecule has 2 saturated heterocycles. The van der Waals surface area contributed by atoms with Crippen molar-refractivity contribution in [3.63, 3.8) is 0 Å². The molecule has 3 aliphatic heterocycles. The molecular formula is C33H37N5O4. The van der Waals surface area contributed by atoms with Crippen LogP contribution in [0.2, 0.25) is 0 Å². The highest BCUT2D eigenvalue weighted by Gasteiger charge is 2.29. The number of H-pyrrole nitrogens is 1. The van der Waals surface area contributed by atoms with Crippen molar-refractivity contribution >= 4 is 35.1 Å². The second-order valence-corrected chi connectivity index (χ2v) is 11.2. The second-order valence-electron chi connectivity index (χ2n) is 11.2. The summed E-state index contributed by atoms with van der Waals surface area (Å²) >= 11 is 0. The molecule has 9 nitrogen and oxygen atoms in total. The summed E-state index contributed by atoms with van der Waals surface area (Å²) in [5, 5.41) is 6.04. The van der Waals surface area contributed by atoms with Crippen molar-refractivity contribution < 1.29 is 19.1 Å². The lowest BCUT2D eigenvalue weighted by atomic mass is 9.93. The Morgan fingerprint density at radius 3 is 2.57 bits per heavy atom. The number of likely N-dealkylation sites (tertiary alicyclic amines) is 1. The molecule has 4 heterocycles. The summed E-state index contributed by atoms with van der Waals surface area (Å²) in [6, 6.07) is 13.3. The van der Waals surface area contributed by atoms with Crippen LogP contribution in [-0.4, -0.2) is 85.0 Å². The van der Waals surface area contributed by atoms with Crippen LogP contribution in [-0.2, 0) is 9.53 Å². The number of anilines is 1. The number of nitrogens with one attached hydrogen (secondary N) is 3. The van der Waals surface area contributed by atoms with E-state index in [-0.39, 0.29) is 17.7 Å². The van der Waals surface area contributed by atoms with Gasteiger partial charge in [0.1, 0.15) is 0 Å². The molecule has 218 valence electrons. The van der Waals surface area contributed by atoms with Gasteiger partial charge in [-0.15, -0.1) is 0 Å². The van der Waals surface area contributed by atoms with E-state index in [1.54, 1.807) is 0 Å². The smallest absolute Gasteiger partial charge is 0.256 e. The zero-order chi connectivity index (χ0) is 29.2. The molecule has 6 rings (SSSR count). The third kappa shape index (κ3) is 5.49. The number of aromatic amines is 1. The first-order valence-corrected chi connectivity index (χ1v) is 14.7.